The molecule has 2 aliphatic rings. The summed E-state index contributed by atoms with van der Waals surface area (Å²) >= 11 is 0. The Kier molecular flexibility index (Phi) is 5.91. The van der Waals surface area contributed by atoms with Crippen LogP contribution in [0, 0.1) is 5.92 Å². The van der Waals surface area contributed by atoms with Crippen molar-refractivity contribution < 1.29 is 23.1 Å². The third-order valence-electron chi connectivity index (χ3n) is 5.61. The maximum absolute atomic E-state index is 12.8. The fraction of sp³-hybridized carbons (Fsp3) is 0.875. The zero-order chi connectivity index (χ0) is 18.0. The summed E-state index contributed by atoms with van der Waals surface area (Å²) in [6.45, 7) is 2.28. The van der Waals surface area contributed by atoms with E-state index in [1.165, 1.54) is 9.21 Å². The van der Waals surface area contributed by atoms with Gasteiger partial charge in [-0.15, -0.1) is 0 Å². The van der Waals surface area contributed by atoms with E-state index in [-0.39, 0.29) is 17.6 Å². The van der Waals surface area contributed by atoms with Gasteiger partial charge in [-0.2, -0.15) is 0 Å². The number of carboxylic acids is 1. The molecule has 1 saturated carbocycles. The molecule has 1 amide bonds. The standard InChI is InChI=1S/C16H28N2O5S/c1-3-24(22,23)18-11-7-13(8-12-18)14(19)17(2)16(15(20)21)9-5-4-6-10-16/h13H,3-12H2,1-2H3,(H,20,21). The van der Waals surface area contributed by atoms with E-state index in [4.69, 9.17) is 0 Å². The van der Waals surface area contributed by atoms with E-state index in [0.717, 1.165) is 19.3 Å². The summed E-state index contributed by atoms with van der Waals surface area (Å²) in [5.41, 5.74) is -1.10. The van der Waals surface area contributed by atoms with Crippen molar-refractivity contribution in [1.82, 2.24) is 9.21 Å². The van der Waals surface area contributed by atoms with E-state index in [1.807, 2.05) is 0 Å². The van der Waals surface area contributed by atoms with Crippen LogP contribution < -0.4 is 0 Å². The van der Waals surface area contributed by atoms with Crippen molar-refractivity contribution in [2.45, 2.75) is 57.4 Å². The Morgan fingerprint density at radius 1 is 1.17 bits per heavy atom. The molecule has 7 nitrogen and oxygen atoms in total. The van der Waals surface area contributed by atoms with Gasteiger partial charge in [0.1, 0.15) is 5.54 Å². The maximum atomic E-state index is 12.8. The van der Waals surface area contributed by atoms with Gasteiger partial charge in [0.15, 0.2) is 0 Å². The lowest BCUT2D eigenvalue weighted by Crippen LogP contribution is -2.58. The molecular formula is C16H28N2O5S. The molecule has 1 saturated heterocycles. The number of nitrogens with zero attached hydrogens (tertiary/aromatic N) is 2. The molecule has 0 unspecified atom stereocenters. The van der Waals surface area contributed by atoms with E-state index in [2.05, 4.69) is 0 Å². The highest BCUT2D eigenvalue weighted by molar-refractivity contribution is 7.89. The van der Waals surface area contributed by atoms with E-state index in [9.17, 15) is 23.1 Å². The zero-order valence-electron chi connectivity index (χ0n) is 14.5. The third-order valence-corrected chi connectivity index (χ3v) is 7.49. The number of piperidine rings is 1. The molecule has 138 valence electrons. The number of sulfonamides is 1. The smallest absolute Gasteiger partial charge is 0.329 e. The molecule has 1 aliphatic heterocycles. The van der Waals surface area contributed by atoms with E-state index >= 15 is 0 Å². The lowest BCUT2D eigenvalue weighted by Gasteiger charge is -2.43. The lowest BCUT2D eigenvalue weighted by atomic mass is 9.79. The van der Waals surface area contributed by atoms with Gasteiger partial charge in [0.05, 0.1) is 5.75 Å². The maximum Gasteiger partial charge on any atom is 0.329 e. The number of hydrogen-bond acceptors (Lipinski definition) is 4. The fourth-order valence-electron chi connectivity index (χ4n) is 3.88. The minimum atomic E-state index is -3.22. The molecule has 2 fully saturated rings. The SMILES string of the molecule is CCS(=O)(=O)N1CCC(C(=O)N(C)C2(C(=O)O)CCCCC2)CC1. The summed E-state index contributed by atoms with van der Waals surface area (Å²) in [6.07, 6.45) is 4.54. The quantitative estimate of drug-likeness (QED) is 0.797. The Bertz CT molecular complexity index is 575. The van der Waals surface area contributed by atoms with E-state index in [1.54, 1.807) is 14.0 Å². The normalized spacial score (nSPS) is 22.9. The highest BCUT2D eigenvalue weighted by Crippen LogP contribution is 2.35. The summed E-state index contributed by atoms with van der Waals surface area (Å²) in [5, 5.41) is 9.71. The van der Waals surface area contributed by atoms with Gasteiger partial charge in [0, 0.05) is 26.1 Å². The van der Waals surface area contributed by atoms with Crippen LogP contribution in [0.4, 0.5) is 0 Å². The van der Waals surface area contributed by atoms with Gasteiger partial charge in [0.2, 0.25) is 15.9 Å². The van der Waals surface area contributed by atoms with Gasteiger partial charge in [-0.1, -0.05) is 19.3 Å². The molecule has 8 heteroatoms. The van der Waals surface area contributed by atoms with Crippen LogP contribution in [0.2, 0.25) is 0 Å². The van der Waals surface area contributed by atoms with Gasteiger partial charge in [-0.05, 0) is 32.6 Å². The van der Waals surface area contributed by atoms with Crippen molar-refractivity contribution >= 4 is 21.9 Å². The van der Waals surface area contributed by atoms with Gasteiger partial charge < -0.3 is 10.0 Å². The molecular weight excluding hydrogens is 332 g/mol. The molecule has 2 rings (SSSR count). The van der Waals surface area contributed by atoms with E-state index in [0.29, 0.717) is 38.8 Å². The topological polar surface area (TPSA) is 95.0 Å². The molecule has 1 N–H and O–H groups in total. The number of carbonyl (C=O) groups excluding carboxylic acids is 1. The Labute approximate surface area is 144 Å². The molecule has 0 aromatic heterocycles. The zero-order valence-corrected chi connectivity index (χ0v) is 15.3. The van der Waals surface area contributed by atoms with Crippen molar-refractivity contribution in [1.29, 1.82) is 0 Å². The predicted molar refractivity (Wildman–Crippen MR) is 90.0 cm³/mol. The first kappa shape index (κ1) is 19.2. The van der Waals surface area contributed by atoms with Gasteiger partial charge >= 0.3 is 5.97 Å². The minimum Gasteiger partial charge on any atom is -0.479 e. The number of rotatable bonds is 5. The van der Waals surface area contributed by atoms with Crippen molar-refractivity contribution in [3.63, 3.8) is 0 Å². The van der Waals surface area contributed by atoms with Crippen molar-refractivity contribution in [3.05, 3.63) is 0 Å². The van der Waals surface area contributed by atoms with Crippen LogP contribution in [-0.4, -0.2) is 66.0 Å². The summed E-state index contributed by atoms with van der Waals surface area (Å²) in [6, 6.07) is 0. The van der Waals surface area contributed by atoms with Crippen LogP contribution in [0.25, 0.3) is 0 Å². The highest BCUT2D eigenvalue weighted by atomic mass is 32.2. The lowest BCUT2D eigenvalue weighted by molar-refractivity contribution is -0.162. The molecule has 0 atom stereocenters. The van der Waals surface area contributed by atoms with Crippen molar-refractivity contribution in [3.8, 4) is 0 Å². The van der Waals surface area contributed by atoms with Crippen molar-refractivity contribution in [2.75, 3.05) is 25.9 Å². The Morgan fingerprint density at radius 2 is 1.71 bits per heavy atom. The number of likely N-dealkylation sites (N-methyl/N-ethyl adjacent to an activating group) is 1. The Balaban J connectivity index is 2.05. The molecule has 0 aromatic carbocycles. The van der Waals surface area contributed by atoms with Crippen LogP contribution in [-0.2, 0) is 19.6 Å². The van der Waals surface area contributed by atoms with Crippen LogP contribution in [0.1, 0.15) is 51.9 Å². The molecule has 1 heterocycles. The molecule has 0 bridgehead atoms. The van der Waals surface area contributed by atoms with Gasteiger partial charge in [-0.25, -0.2) is 17.5 Å². The first-order valence-corrected chi connectivity index (χ1v) is 10.3. The minimum absolute atomic E-state index is 0.0631. The number of hydrogen-bond donors (Lipinski definition) is 1. The second-order valence-electron chi connectivity index (χ2n) is 6.87. The number of carbonyl (C=O) groups is 2. The average molecular weight is 360 g/mol. The summed E-state index contributed by atoms with van der Waals surface area (Å²) in [7, 11) is -1.63. The number of amides is 1. The summed E-state index contributed by atoms with van der Waals surface area (Å²) < 4.78 is 25.2. The van der Waals surface area contributed by atoms with Gasteiger partial charge in [0.25, 0.3) is 0 Å². The summed E-state index contributed by atoms with van der Waals surface area (Å²) in [5.74, 6) is -1.32. The van der Waals surface area contributed by atoms with Crippen molar-refractivity contribution in [2.24, 2.45) is 5.92 Å². The molecule has 0 spiro atoms. The first-order chi connectivity index (χ1) is 11.2. The van der Waals surface area contributed by atoms with Gasteiger partial charge in [-0.3, -0.25) is 4.79 Å². The van der Waals surface area contributed by atoms with Crippen LogP contribution in [0.15, 0.2) is 0 Å². The Morgan fingerprint density at radius 3 is 2.17 bits per heavy atom. The second kappa shape index (κ2) is 7.39. The fourth-order valence-corrected chi connectivity index (χ4v) is 5.01. The Hall–Kier alpha value is -1.15. The highest BCUT2D eigenvalue weighted by Gasteiger charge is 2.47. The first-order valence-electron chi connectivity index (χ1n) is 8.73. The number of aliphatic carboxylic acids is 1. The molecule has 1 aliphatic carbocycles. The predicted octanol–water partition coefficient (Wildman–Crippen LogP) is 1.29. The van der Waals surface area contributed by atoms with E-state index < -0.39 is 21.5 Å². The monoisotopic (exact) mass is 360 g/mol. The second-order valence-corrected chi connectivity index (χ2v) is 9.13. The van der Waals surface area contributed by atoms with Crippen LogP contribution in [0.3, 0.4) is 0 Å². The third kappa shape index (κ3) is 3.59. The molecule has 24 heavy (non-hydrogen) atoms. The molecule has 0 aromatic rings. The molecule has 0 radical (unpaired) electrons. The number of carboxylic acid groups (broad SMARTS) is 1. The van der Waals surface area contributed by atoms with Crippen LogP contribution in [0.5, 0.6) is 0 Å². The van der Waals surface area contributed by atoms with Crippen LogP contribution >= 0.6 is 0 Å². The summed E-state index contributed by atoms with van der Waals surface area (Å²) in [4.78, 5) is 26.1. The largest absolute Gasteiger partial charge is 0.479 e. The average Bonchev–Trinajstić information content (AvgIpc) is 2.61.